The average Bonchev–Trinajstić information content (AvgIpc) is 2.83. The molecule has 0 heterocycles. The van der Waals surface area contributed by atoms with Crippen LogP contribution >= 0.6 is 0 Å². The first kappa shape index (κ1) is 21.8. The molecular weight excluding hydrogens is 350 g/mol. The second-order valence-corrected chi connectivity index (χ2v) is 24.2. The second kappa shape index (κ2) is 18.0. The summed E-state index contributed by atoms with van der Waals surface area (Å²) in [6.45, 7) is 2.37. The van der Waals surface area contributed by atoms with Crippen LogP contribution in [0.2, 0.25) is 6.55 Å². The molecule has 0 fully saturated rings. The van der Waals surface area contributed by atoms with Crippen molar-refractivity contribution < 1.29 is 48.1 Å². The smallest absolute Gasteiger partial charge is 0.172 e. The van der Waals surface area contributed by atoms with Crippen LogP contribution in [0.25, 0.3) is 0 Å². The Kier molecular flexibility index (Phi) is 24.5. The molecule has 0 nitrogen and oxygen atoms in total. The van der Waals surface area contributed by atoms with E-state index < -0.39 is 0 Å². The van der Waals surface area contributed by atoms with Crippen molar-refractivity contribution in [2.45, 2.75) is 6.55 Å². The molecule has 2 aromatic rings. The first-order chi connectivity index (χ1) is 6.73. The molecule has 2 aromatic carbocycles. The largest absolute Gasteiger partial charge is 1.00 e. The molecule has 0 amide bonds. The van der Waals surface area contributed by atoms with Gasteiger partial charge in [-0.15, -0.1) is 0 Å². The van der Waals surface area contributed by atoms with E-state index in [9.17, 15) is 0 Å². The van der Waals surface area contributed by atoms with Crippen LogP contribution in [0.4, 0.5) is 0 Å². The van der Waals surface area contributed by atoms with E-state index in [4.69, 9.17) is 0 Å². The number of hydrogen-bond acceptors (Lipinski definition) is 0. The van der Waals surface area contributed by atoms with Gasteiger partial charge in [-0.3, -0.25) is 0 Å². The molecule has 0 aliphatic heterocycles. The van der Waals surface area contributed by atoms with Gasteiger partial charge in [-0.05, 0) is 0 Å². The van der Waals surface area contributed by atoms with Crippen LogP contribution < -0.4 is 24.8 Å². The average molecular weight is 367 g/mol. The standard InChI is InChI=1S/2C5H5.CH6Si2.2ClH.Zr/c2*1-2-4-5-3-1;1-3-2;;;/h2*1-5H;1-2H3;2*1H;/q2*-1;;;;+2/p-2. The SMILES string of the molecule is C[Si]([SiH3])=[Zr+2].[Cl-].[Cl-].c1cc[cH-]c1.c1cc[cH-]c1. The fourth-order valence-electron chi connectivity index (χ4n) is 0.642. The zero-order chi connectivity index (χ0) is 10.6. The van der Waals surface area contributed by atoms with E-state index >= 15 is 0 Å². The van der Waals surface area contributed by atoms with E-state index in [1.54, 1.807) is 23.3 Å². The summed E-state index contributed by atoms with van der Waals surface area (Å²) in [5.41, 5.74) is 0. The molecule has 0 aliphatic carbocycles. The number of rotatable bonds is 0. The van der Waals surface area contributed by atoms with E-state index in [1.165, 1.54) is 9.76 Å². The minimum atomic E-state index is 0. The summed E-state index contributed by atoms with van der Waals surface area (Å²) in [4.78, 5) is 0.349. The molecule has 0 spiro atoms. The van der Waals surface area contributed by atoms with Crippen LogP contribution in [-0.2, 0) is 23.3 Å². The van der Waals surface area contributed by atoms with E-state index in [0.29, 0.717) is 4.95 Å². The molecule has 0 saturated carbocycles. The van der Waals surface area contributed by atoms with Crippen LogP contribution in [0.15, 0.2) is 60.7 Å². The summed E-state index contributed by atoms with van der Waals surface area (Å²) in [5, 5.41) is 0. The van der Waals surface area contributed by atoms with E-state index in [2.05, 4.69) is 6.55 Å². The molecule has 16 heavy (non-hydrogen) atoms. The van der Waals surface area contributed by atoms with Gasteiger partial charge < -0.3 is 24.8 Å². The third kappa shape index (κ3) is 24.0. The Morgan fingerprint density at radius 2 is 1.06 bits per heavy atom. The molecule has 0 N–H and O–H groups in total. The maximum absolute atomic E-state index is 2.37. The maximum Gasteiger partial charge on any atom is -0.172 e. The third-order valence-corrected chi connectivity index (χ3v) is 1.11. The summed E-state index contributed by atoms with van der Waals surface area (Å²) >= 11 is 1.80. The van der Waals surface area contributed by atoms with E-state index in [0.717, 1.165) is 0 Å². The van der Waals surface area contributed by atoms with Gasteiger partial charge in [0, 0.05) is 0 Å². The first-order valence-corrected chi connectivity index (χ1v) is 13.8. The van der Waals surface area contributed by atoms with Gasteiger partial charge in [0.2, 0.25) is 0 Å². The van der Waals surface area contributed by atoms with Crippen LogP contribution in [0.3, 0.4) is 0 Å². The molecule has 0 saturated heterocycles. The Morgan fingerprint density at radius 1 is 0.875 bits per heavy atom. The zero-order valence-corrected chi connectivity index (χ0v) is 16.5. The molecule has 0 bridgehead atoms. The van der Waals surface area contributed by atoms with Gasteiger partial charge in [0.15, 0.2) is 0 Å². The molecule has 0 radical (unpaired) electrons. The topological polar surface area (TPSA) is 0 Å². The minimum Gasteiger partial charge on any atom is -1.00 e. The van der Waals surface area contributed by atoms with Gasteiger partial charge in [-0.1, -0.05) is 0 Å². The minimum absolute atomic E-state index is 0. The Hall–Kier alpha value is 0.597. The molecule has 0 aliphatic rings. The maximum atomic E-state index is 2.37. The summed E-state index contributed by atoms with van der Waals surface area (Å²) in [5.74, 6) is 0. The third-order valence-electron chi connectivity index (χ3n) is 1.11. The normalized spacial score (nSPS) is 6.94. The Morgan fingerprint density at radius 3 is 1.12 bits per heavy atom. The van der Waals surface area contributed by atoms with Gasteiger partial charge >= 0.3 is 44.6 Å². The van der Waals surface area contributed by atoms with Crippen molar-refractivity contribution in [3.8, 4) is 0 Å². The molecule has 0 atom stereocenters. The Balaban J connectivity index is -0.000000151. The molecule has 0 unspecified atom stereocenters. The molecule has 2 rings (SSSR count). The van der Waals surface area contributed by atoms with Crippen molar-refractivity contribution in [2.24, 2.45) is 0 Å². The second-order valence-electron chi connectivity index (χ2n) is 2.92. The summed E-state index contributed by atoms with van der Waals surface area (Å²) in [7, 11) is 1.49. The molecule has 5 heteroatoms. The van der Waals surface area contributed by atoms with Crippen molar-refractivity contribution in [1.29, 1.82) is 0 Å². The Bertz CT molecular complexity index is 229. The predicted octanol–water partition coefficient (Wildman–Crippen LogP) is -4.16. The monoisotopic (exact) mass is 364 g/mol. The van der Waals surface area contributed by atoms with Crippen LogP contribution in [0.1, 0.15) is 0 Å². The van der Waals surface area contributed by atoms with Crippen molar-refractivity contribution in [1.82, 2.24) is 0 Å². The van der Waals surface area contributed by atoms with Crippen molar-refractivity contribution in [3.63, 3.8) is 0 Å². The quantitative estimate of drug-likeness (QED) is 0.328. The molecule has 0 aromatic heterocycles. The Labute approximate surface area is 129 Å². The zero-order valence-electron chi connectivity index (χ0n) is 9.53. The van der Waals surface area contributed by atoms with Gasteiger partial charge in [-0.25, -0.2) is 24.3 Å². The van der Waals surface area contributed by atoms with Gasteiger partial charge in [-0.2, -0.15) is 36.4 Å². The fraction of sp³-hybridized carbons (Fsp3) is 0.0909. The number of halogens is 2. The summed E-state index contributed by atoms with van der Waals surface area (Å²) < 4.78 is 0. The number of hydrogen-bond donors (Lipinski definition) is 0. The summed E-state index contributed by atoms with van der Waals surface area (Å²) in [6, 6.07) is 20.0. The summed E-state index contributed by atoms with van der Waals surface area (Å²) in [6.07, 6.45) is 0. The van der Waals surface area contributed by atoms with Crippen molar-refractivity contribution in [2.75, 3.05) is 0 Å². The van der Waals surface area contributed by atoms with E-state index in [-0.39, 0.29) is 24.8 Å². The predicted molar refractivity (Wildman–Crippen MR) is 65.6 cm³/mol. The van der Waals surface area contributed by atoms with Gasteiger partial charge in [0.05, 0.1) is 0 Å². The fourth-order valence-corrected chi connectivity index (χ4v) is 0.642. The van der Waals surface area contributed by atoms with Crippen molar-refractivity contribution in [3.05, 3.63) is 60.7 Å². The molecular formula is C11H16Cl2Si2Zr-2. The van der Waals surface area contributed by atoms with Crippen LogP contribution in [0.5, 0.6) is 0 Å². The van der Waals surface area contributed by atoms with Gasteiger partial charge in [0.25, 0.3) is 0 Å². The van der Waals surface area contributed by atoms with Gasteiger partial charge in [0.1, 0.15) is 0 Å². The first-order valence-electron chi connectivity index (χ1n) is 4.58. The van der Waals surface area contributed by atoms with Crippen LogP contribution in [-0.4, -0.2) is 14.7 Å². The van der Waals surface area contributed by atoms with Crippen molar-refractivity contribution >= 4 is 14.7 Å². The molecule has 88 valence electrons. The van der Waals surface area contributed by atoms with E-state index in [1.807, 2.05) is 60.7 Å². The van der Waals surface area contributed by atoms with Crippen LogP contribution in [0, 0.1) is 0 Å².